The Balaban J connectivity index is 1.60. The Morgan fingerprint density at radius 2 is 1.72 bits per heavy atom. The number of thioether (sulfide) groups is 1. The minimum atomic E-state index is -0.546. The lowest BCUT2D eigenvalue weighted by Crippen LogP contribution is -2.24. The number of nitrogens with one attached hydrogen (secondary N) is 1. The molecule has 0 spiro atoms. The van der Waals surface area contributed by atoms with Crippen LogP contribution in [0.1, 0.15) is 32.3 Å². The molecule has 1 aromatic heterocycles. The van der Waals surface area contributed by atoms with E-state index in [-0.39, 0.29) is 28.7 Å². The Labute approximate surface area is 170 Å². The summed E-state index contributed by atoms with van der Waals surface area (Å²) in [5.41, 5.74) is 0.503. The number of nitrogens with zero attached hydrogens (tertiary/aromatic N) is 2. The van der Waals surface area contributed by atoms with Crippen molar-refractivity contribution >= 4 is 23.4 Å². The molecule has 3 rings (SSSR count). The summed E-state index contributed by atoms with van der Waals surface area (Å²) < 4.78 is 37.2. The Morgan fingerprint density at radius 3 is 2.34 bits per heavy atom. The van der Waals surface area contributed by atoms with Crippen molar-refractivity contribution in [1.29, 1.82) is 0 Å². The van der Waals surface area contributed by atoms with Gasteiger partial charge in [0.25, 0.3) is 11.1 Å². The van der Waals surface area contributed by atoms with Crippen molar-refractivity contribution in [3.05, 3.63) is 66.1 Å². The Hall–Kier alpha value is -2.94. The second kappa shape index (κ2) is 9.51. The van der Waals surface area contributed by atoms with Gasteiger partial charge in [0, 0.05) is 5.69 Å². The number of halogens is 2. The highest BCUT2D eigenvalue weighted by Gasteiger charge is 2.23. The van der Waals surface area contributed by atoms with Crippen LogP contribution < -0.4 is 10.1 Å². The predicted octanol–water partition coefficient (Wildman–Crippen LogP) is 5.00. The second-order valence-corrected chi connectivity index (χ2v) is 7.29. The van der Waals surface area contributed by atoms with Gasteiger partial charge < -0.3 is 14.5 Å². The van der Waals surface area contributed by atoms with Crippen LogP contribution in [0.3, 0.4) is 0 Å². The number of amides is 1. The van der Waals surface area contributed by atoms with E-state index >= 15 is 0 Å². The lowest BCUT2D eigenvalue weighted by molar-refractivity contribution is -0.115. The normalized spacial score (nSPS) is 13.0. The summed E-state index contributed by atoms with van der Waals surface area (Å²) in [6.45, 7) is 3.59. The van der Waals surface area contributed by atoms with E-state index in [2.05, 4.69) is 15.5 Å². The first kappa shape index (κ1) is 20.8. The molecule has 9 heteroatoms. The molecule has 0 aliphatic heterocycles. The van der Waals surface area contributed by atoms with Crippen molar-refractivity contribution in [3.63, 3.8) is 0 Å². The van der Waals surface area contributed by atoms with Crippen LogP contribution in [0.2, 0.25) is 0 Å². The van der Waals surface area contributed by atoms with Gasteiger partial charge in [0.05, 0.1) is 5.25 Å². The maximum absolute atomic E-state index is 13.0. The average Bonchev–Trinajstić information content (AvgIpc) is 3.18. The lowest BCUT2D eigenvalue weighted by Gasteiger charge is -2.13. The number of aromatic nitrogens is 2. The number of ether oxygens (including phenoxy) is 1. The summed E-state index contributed by atoms with van der Waals surface area (Å²) in [6, 6.07) is 11.1. The molecule has 0 unspecified atom stereocenters. The highest BCUT2D eigenvalue weighted by Crippen LogP contribution is 2.28. The van der Waals surface area contributed by atoms with Crippen molar-refractivity contribution in [2.45, 2.75) is 36.8 Å². The Kier molecular flexibility index (Phi) is 6.82. The van der Waals surface area contributed by atoms with Gasteiger partial charge in [0.2, 0.25) is 5.91 Å². The number of hydrogen-bond donors (Lipinski definition) is 1. The molecular formula is C20H19F2N3O3S. The molecule has 2 aromatic carbocycles. The molecule has 0 fully saturated rings. The topological polar surface area (TPSA) is 77.2 Å². The number of carbonyl (C=O) groups is 1. The number of benzene rings is 2. The molecule has 0 radical (unpaired) electrons. The summed E-state index contributed by atoms with van der Waals surface area (Å²) in [4.78, 5) is 12.5. The Morgan fingerprint density at radius 1 is 1.10 bits per heavy atom. The molecule has 0 aliphatic carbocycles. The van der Waals surface area contributed by atoms with E-state index in [4.69, 9.17) is 9.15 Å². The fourth-order valence-electron chi connectivity index (χ4n) is 2.40. The minimum absolute atomic E-state index is 0.232. The van der Waals surface area contributed by atoms with E-state index in [1.165, 1.54) is 48.5 Å². The van der Waals surface area contributed by atoms with E-state index in [0.29, 0.717) is 17.9 Å². The summed E-state index contributed by atoms with van der Waals surface area (Å²) in [5, 5.41) is 10.4. The van der Waals surface area contributed by atoms with Crippen molar-refractivity contribution in [2.24, 2.45) is 0 Å². The summed E-state index contributed by atoms with van der Waals surface area (Å²) in [7, 11) is 0. The molecule has 29 heavy (non-hydrogen) atoms. The van der Waals surface area contributed by atoms with Gasteiger partial charge in [0.15, 0.2) is 6.10 Å². The van der Waals surface area contributed by atoms with Crippen LogP contribution >= 0.6 is 11.8 Å². The molecule has 0 aliphatic rings. The maximum atomic E-state index is 13.0. The first-order chi connectivity index (χ1) is 13.9. The minimum Gasteiger partial charge on any atom is -0.481 e. The van der Waals surface area contributed by atoms with Gasteiger partial charge in [-0.2, -0.15) is 0 Å². The number of rotatable bonds is 8. The molecule has 3 aromatic rings. The third-order valence-electron chi connectivity index (χ3n) is 3.91. The van der Waals surface area contributed by atoms with Gasteiger partial charge in [-0.25, -0.2) is 8.78 Å². The predicted molar refractivity (Wildman–Crippen MR) is 105 cm³/mol. The third kappa shape index (κ3) is 5.77. The fraction of sp³-hybridized carbons (Fsp3) is 0.250. The van der Waals surface area contributed by atoms with Gasteiger partial charge in [-0.05, 0) is 61.9 Å². The van der Waals surface area contributed by atoms with Crippen molar-refractivity contribution in [3.8, 4) is 5.75 Å². The fourth-order valence-corrected chi connectivity index (χ4v) is 3.20. The Bertz CT molecular complexity index is 948. The first-order valence-electron chi connectivity index (χ1n) is 8.93. The van der Waals surface area contributed by atoms with Crippen LogP contribution in [0, 0.1) is 11.6 Å². The molecular weight excluding hydrogens is 400 g/mol. The van der Waals surface area contributed by atoms with Crippen LogP contribution in [-0.4, -0.2) is 21.4 Å². The largest absolute Gasteiger partial charge is 0.481 e. The van der Waals surface area contributed by atoms with Crippen LogP contribution in [0.25, 0.3) is 0 Å². The van der Waals surface area contributed by atoms with Crippen molar-refractivity contribution < 1.29 is 22.7 Å². The molecule has 1 amide bonds. The monoisotopic (exact) mass is 419 g/mol. The highest BCUT2D eigenvalue weighted by molar-refractivity contribution is 8.00. The molecule has 1 N–H and O–H groups in total. The molecule has 0 saturated carbocycles. The van der Waals surface area contributed by atoms with E-state index in [1.54, 1.807) is 6.92 Å². The van der Waals surface area contributed by atoms with E-state index in [1.807, 2.05) is 6.92 Å². The molecule has 0 saturated heterocycles. The number of carbonyl (C=O) groups excluding carboxylic acids is 1. The first-order valence-corrected chi connectivity index (χ1v) is 9.81. The van der Waals surface area contributed by atoms with Crippen molar-refractivity contribution in [2.75, 3.05) is 5.32 Å². The van der Waals surface area contributed by atoms with E-state index < -0.39 is 11.4 Å². The molecule has 0 bridgehead atoms. The average molecular weight is 419 g/mol. The SMILES string of the molecule is CC[C@H](Sc1nnc([C@@H](C)Oc2ccc(F)cc2)o1)C(=O)Nc1ccc(F)cc1. The van der Waals surface area contributed by atoms with Gasteiger partial charge in [-0.15, -0.1) is 10.2 Å². The zero-order chi connectivity index (χ0) is 20.8. The van der Waals surface area contributed by atoms with Crippen molar-refractivity contribution in [1.82, 2.24) is 10.2 Å². The maximum Gasteiger partial charge on any atom is 0.277 e. The summed E-state index contributed by atoms with van der Waals surface area (Å²) in [5.74, 6) is -0.271. The molecule has 6 nitrogen and oxygen atoms in total. The molecule has 2 atom stereocenters. The molecule has 152 valence electrons. The molecule has 1 heterocycles. The summed E-state index contributed by atoms with van der Waals surface area (Å²) in [6.07, 6.45) is -0.0211. The number of hydrogen-bond acceptors (Lipinski definition) is 6. The smallest absolute Gasteiger partial charge is 0.277 e. The standard InChI is InChI=1S/C20H19F2N3O3S/c1-3-17(18(26)23-15-8-4-13(21)5-9-15)29-20-25-24-19(28-20)12(2)27-16-10-6-14(22)7-11-16/h4-12,17H,3H2,1-2H3,(H,23,26)/t12-,17+/m1/s1. The zero-order valence-corrected chi connectivity index (χ0v) is 16.6. The van der Waals surface area contributed by atoms with Gasteiger partial charge in [0.1, 0.15) is 17.4 Å². The van der Waals surface area contributed by atoms with Crippen LogP contribution in [0.15, 0.2) is 58.2 Å². The number of anilines is 1. The summed E-state index contributed by atoms with van der Waals surface area (Å²) >= 11 is 1.13. The van der Waals surface area contributed by atoms with E-state index in [0.717, 1.165) is 11.8 Å². The van der Waals surface area contributed by atoms with Crippen LogP contribution in [-0.2, 0) is 4.79 Å². The third-order valence-corrected chi connectivity index (χ3v) is 5.11. The zero-order valence-electron chi connectivity index (χ0n) is 15.8. The van der Waals surface area contributed by atoms with Gasteiger partial charge >= 0.3 is 0 Å². The van der Waals surface area contributed by atoms with Crippen LogP contribution in [0.4, 0.5) is 14.5 Å². The second-order valence-electron chi connectivity index (χ2n) is 6.13. The van der Waals surface area contributed by atoms with Crippen LogP contribution in [0.5, 0.6) is 5.75 Å². The van der Waals surface area contributed by atoms with E-state index in [9.17, 15) is 13.6 Å². The van der Waals surface area contributed by atoms with Gasteiger partial charge in [-0.3, -0.25) is 4.79 Å². The highest BCUT2D eigenvalue weighted by atomic mass is 32.2. The van der Waals surface area contributed by atoms with Gasteiger partial charge in [-0.1, -0.05) is 18.7 Å². The lowest BCUT2D eigenvalue weighted by atomic mass is 10.2. The quantitative estimate of drug-likeness (QED) is 0.518.